The van der Waals surface area contributed by atoms with Gasteiger partial charge in [-0.3, -0.25) is 4.79 Å². The molecule has 1 aliphatic rings. The molecule has 1 aliphatic carbocycles. The average Bonchev–Trinajstić information content (AvgIpc) is 2.66. The molecular weight excluding hydrogens is 310 g/mol. The maximum atomic E-state index is 12.9. The van der Waals surface area contributed by atoms with Gasteiger partial charge in [-0.15, -0.1) is 6.42 Å². The third-order valence-electron chi connectivity index (χ3n) is 5.09. The number of fused-ring (bicyclic) bond motifs is 1. The number of rotatable bonds is 4. The Kier molecular flexibility index (Phi) is 5.23. The SMILES string of the molecule is C#CCN(C)C(=O)c1cc(N(C)C2CCCCC2)nc2ccccc12. The number of carbonyl (C=O) groups excluding carboxylic acids is 1. The van der Waals surface area contributed by atoms with E-state index in [-0.39, 0.29) is 5.91 Å². The van der Waals surface area contributed by atoms with E-state index >= 15 is 0 Å². The molecule has 1 aromatic heterocycles. The van der Waals surface area contributed by atoms with E-state index in [1.165, 1.54) is 32.1 Å². The summed E-state index contributed by atoms with van der Waals surface area (Å²) in [4.78, 5) is 21.5. The highest BCUT2D eigenvalue weighted by Crippen LogP contribution is 2.28. The summed E-state index contributed by atoms with van der Waals surface area (Å²) in [6.07, 6.45) is 11.6. The van der Waals surface area contributed by atoms with Gasteiger partial charge in [0.15, 0.2) is 0 Å². The van der Waals surface area contributed by atoms with Crippen molar-refractivity contribution in [3.05, 3.63) is 35.9 Å². The Labute approximate surface area is 149 Å². The third-order valence-corrected chi connectivity index (χ3v) is 5.09. The van der Waals surface area contributed by atoms with Gasteiger partial charge >= 0.3 is 0 Å². The predicted octanol–water partition coefficient (Wildman–Crippen LogP) is 3.71. The summed E-state index contributed by atoms with van der Waals surface area (Å²) >= 11 is 0. The number of carbonyl (C=O) groups is 1. The second-order valence-corrected chi connectivity index (χ2v) is 6.81. The standard InChI is InChI=1S/C21H25N3O/c1-4-14-23(2)21(25)18-15-20(22-19-13-9-8-12-17(18)19)24(3)16-10-6-5-7-11-16/h1,8-9,12-13,15-16H,5-7,10-11,14H2,2-3H3. The molecule has 0 aliphatic heterocycles. The lowest BCUT2D eigenvalue weighted by atomic mass is 9.94. The van der Waals surface area contributed by atoms with Crippen molar-refractivity contribution in [2.45, 2.75) is 38.1 Å². The predicted molar refractivity (Wildman–Crippen MR) is 103 cm³/mol. The molecule has 1 aromatic carbocycles. The van der Waals surface area contributed by atoms with Crippen LogP contribution in [0.5, 0.6) is 0 Å². The minimum absolute atomic E-state index is 0.0603. The van der Waals surface area contributed by atoms with Crippen molar-refractivity contribution in [1.29, 1.82) is 0 Å². The summed E-state index contributed by atoms with van der Waals surface area (Å²) < 4.78 is 0. The first kappa shape index (κ1) is 17.3. The summed E-state index contributed by atoms with van der Waals surface area (Å²) in [6, 6.07) is 10.2. The highest BCUT2D eigenvalue weighted by molar-refractivity contribution is 6.07. The van der Waals surface area contributed by atoms with Crippen molar-refractivity contribution in [2.24, 2.45) is 0 Å². The fourth-order valence-electron chi connectivity index (χ4n) is 3.59. The van der Waals surface area contributed by atoms with Crippen molar-refractivity contribution in [2.75, 3.05) is 25.5 Å². The van der Waals surface area contributed by atoms with Crippen LogP contribution in [0.3, 0.4) is 0 Å². The first-order valence-corrected chi connectivity index (χ1v) is 8.93. The van der Waals surface area contributed by atoms with Crippen molar-refractivity contribution in [3.63, 3.8) is 0 Å². The summed E-state index contributed by atoms with van der Waals surface area (Å²) in [5.74, 6) is 3.34. The topological polar surface area (TPSA) is 36.4 Å². The summed E-state index contributed by atoms with van der Waals surface area (Å²) in [7, 11) is 3.83. The molecule has 2 aromatic rings. The van der Waals surface area contributed by atoms with E-state index in [1.807, 2.05) is 30.3 Å². The number of anilines is 1. The van der Waals surface area contributed by atoms with E-state index in [1.54, 1.807) is 11.9 Å². The first-order valence-electron chi connectivity index (χ1n) is 8.93. The van der Waals surface area contributed by atoms with Gasteiger partial charge in [-0.1, -0.05) is 43.4 Å². The highest BCUT2D eigenvalue weighted by atomic mass is 16.2. The molecule has 0 bridgehead atoms. The van der Waals surface area contributed by atoms with Gasteiger partial charge in [-0.25, -0.2) is 4.98 Å². The Morgan fingerprint density at radius 2 is 1.96 bits per heavy atom. The maximum Gasteiger partial charge on any atom is 0.255 e. The van der Waals surface area contributed by atoms with E-state index < -0.39 is 0 Å². The number of hydrogen-bond acceptors (Lipinski definition) is 3. The van der Waals surface area contributed by atoms with Crippen molar-refractivity contribution >= 4 is 22.6 Å². The summed E-state index contributed by atoms with van der Waals surface area (Å²) in [5.41, 5.74) is 1.51. The molecule has 1 fully saturated rings. The molecule has 0 saturated heterocycles. The van der Waals surface area contributed by atoms with E-state index in [9.17, 15) is 4.79 Å². The Morgan fingerprint density at radius 1 is 1.24 bits per heavy atom. The molecule has 3 rings (SSSR count). The number of pyridine rings is 1. The van der Waals surface area contributed by atoms with Crippen LogP contribution in [-0.4, -0.2) is 42.5 Å². The molecule has 4 heteroatoms. The van der Waals surface area contributed by atoms with Gasteiger partial charge in [0.1, 0.15) is 5.82 Å². The highest BCUT2D eigenvalue weighted by Gasteiger charge is 2.22. The lowest BCUT2D eigenvalue weighted by Crippen LogP contribution is -2.34. The van der Waals surface area contributed by atoms with Crippen LogP contribution in [0.15, 0.2) is 30.3 Å². The average molecular weight is 335 g/mol. The van der Waals surface area contributed by atoms with Gasteiger partial charge in [0, 0.05) is 25.5 Å². The number of benzene rings is 1. The fraction of sp³-hybridized carbons (Fsp3) is 0.429. The molecule has 1 amide bonds. The Balaban J connectivity index is 2.03. The van der Waals surface area contributed by atoms with Crippen LogP contribution in [0.4, 0.5) is 5.82 Å². The van der Waals surface area contributed by atoms with Gasteiger partial charge in [-0.2, -0.15) is 0 Å². The molecule has 0 unspecified atom stereocenters. The van der Waals surface area contributed by atoms with Crippen LogP contribution >= 0.6 is 0 Å². The van der Waals surface area contributed by atoms with Crippen LogP contribution < -0.4 is 4.90 Å². The number of terminal acetylenes is 1. The number of aromatic nitrogens is 1. The molecule has 25 heavy (non-hydrogen) atoms. The van der Waals surface area contributed by atoms with Crippen LogP contribution in [-0.2, 0) is 0 Å². The van der Waals surface area contributed by atoms with Gasteiger partial charge in [0.25, 0.3) is 5.91 Å². The zero-order chi connectivity index (χ0) is 17.8. The van der Waals surface area contributed by atoms with Gasteiger partial charge in [0.2, 0.25) is 0 Å². The second kappa shape index (κ2) is 7.57. The van der Waals surface area contributed by atoms with Gasteiger partial charge < -0.3 is 9.80 Å². The molecule has 1 saturated carbocycles. The zero-order valence-electron chi connectivity index (χ0n) is 15.0. The molecule has 0 radical (unpaired) electrons. The number of para-hydroxylation sites is 1. The van der Waals surface area contributed by atoms with Gasteiger partial charge in [0.05, 0.1) is 17.6 Å². The number of amides is 1. The van der Waals surface area contributed by atoms with Gasteiger partial charge in [-0.05, 0) is 25.0 Å². The number of nitrogens with zero attached hydrogens (tertiary/aromatic N) is 3. The van der Waals surface area contributed by atoms with Crippen molar-refractivity contribution in [3.8, 4) is 12.3 Å². The van der Waals surface area contributed by atoms with Crippen molar-refractivity contribution < 1.29 is 4.79 Å². The minimum Gasteiger partial charge on any atom is -0.357 e. The molecule has 130 valence electrons. The largest absolute Gasteiger partial charge is 0.357 e. The first-order chi connectivity index (χ1) is 12.1. The monoisotopic (exact) mass is 335 g/mol. The lowest BCUT2D eigenvalue weighted by Gasteiger charge is -2.32. The van der Waals surface area contributed by atoms with Crippen LogP contribution in [0.1, 0.15) is 42.5 Å². The maximum absolute atomic E-state index is 12.9. The normalized spacial score (nSPS) is 14.9. The second-order valence-electron chi connectivity index (χ2n) is 6.81. The quantitative estimate of drug-likeness (QED) is 0.799. The fourth-order valence-corrected chi connectivity index (χ4v) is 3.59. The molecule has 1 heterocycles. The summed E-state index contributed by atoms with van der Waals surface area (Å²) in [6.45, 7) is 0.295. The van der Waals surface area contributed by atoms with Crippen LogP contribution in [0, 0.1) is 12.3 Å². The zero-order valence-corrected chi connectivity index (χ0v) is 15.0. The molecule has 0 N–H and O–H groups in total. The Hall–Kier alpha value is -2.54. The van der Waals surface area contributed by atoms with Crippen molar-refractivity contribution in [1.82, 2.24) is 9.88 Å². The van der Waals surface area contributed by atoms with E-state index in [0.29, 0.717) is 18.2 Å². The number of hydrogen-bond donors (Lipinski definition) is 0. The van der Waals surface area contributed by atoms with Crippen LogP contribution in [0.2, 0.25) is 0 Å². The smallest absolute Gasteiger partial charge is 0.255 e. The van der Waals surface area contributed by atoms with Crippen LogP contribution in [0.25, 0.3) is 10.9 Å². The van der Waals surface area contributed by atoms with E-state index in [2.05, 4.69) is 17.9 Å². The molecule has 4 nitrogen and oxygen atoms in total. The van der Waals surface area contributed by atoms with E-state index in [4.69, 9.17) is 11.4 Å². The summed E-state index contributed by atoms with van der Waals surface area (Å²) in [5, 5.41) is 0.872. The van der Waals surface area contributed by atoms with E-state index in [0.717, 1.165) is 16.7 Å². The third kappa shape index (κ3) is 3.61. The molecule has 0 spiro atoms. The molecular formula is C21H25N3O. The Morgan fingerprint density at radius 3 is 2.68 bits per heavy atom. The Bertz CT molecular complexity index is 802. The lowest BCUT2D eigenvalue weighted by molar-refractivity contribution is 0.0814. The minimum atomic E-state index is -0.0603. The molecule has 0 atom stereocenters.